The maximum Gasteiger partial charge on any atom is 0.305 e. The second-order valence-electron chi connectivity index (χ2n) is 14.7. The van der Waals surface area contributed by atoms with Crippen LogP contribution in [0.4, 0.5) is 0 Å². The standard InChI is InChI=1S/C42H80O6/c1-4-6-8-10-15-22-30-38(45-3)31-23-16-12-13-19-26-34-41(43)46-36-28-21-29-37-47-42(44)35-27-20-14-18-25-33-40-39(48-40)32-24-17-11-9-7-5-2/h38-40H,4-37H2,1-3H3. The van der Waals surface area contributed by atoms with Crippen molar-refractivity contribution >= 4 is 11.9 Å². The van der Waals surface area contributed by atoms with E-state index in [2.05, 4.69) is 13.8 Å². The Morgan fingerprint density at radius 1 is 0.479 bits per heavy atom. The van der Waals surface area contributed by atoms with Crippen molar-refractivity contribution in [2.24, 2.45) is 0 Å². The Hall–Kier alpha value is -1.14. The molecule has 6 heteroatoms. The molecule has 1 rings (SSSR count). The summed E-state index contributed by atoms with van der Waals surface area (Å²) in [6.07, 6.45) is 38.8. The molecule has 0 spiro atoms. The van der Waals surface area contributed by atoms with Crippen molar-refractivity contribution in [1.29, 1.82) is 0 Å². The van der Waals surface area contributed by atoms with Gasteiger partial charge >= 0.3 is 11.9 Å². The summed E-state index contributed by atoms with van der Waals surface area (Å²) in [6.45, 7) is 5.48. The number of carbonyl (C=O) groups excluding carboxylic acids is 2. The van der Waals surface area contributed by atoms with E-state index in [0.29, 0.717) is 44.4 Å². The van der Waals surface area contributed by atoms with Crippen molar-refractivity contribution in [3.8, 4) is 0 Å². The highest BCUT2D eigenvalue weighted by atomic mass is 16.6. The first-order valence-electron chi connectivity index (χ1n) is 21.1. The average Bonchev–Trinajstić information content (AvgIpc) is 3.84. The summed E-state index contributed by atoms with van der Waals surface area (Å²) in [5, 5.41) is 0. The monoisotopic (exact) mass is 681 g/mol. The minimum atomic E-state index is -0.0763. The number of methoxy groups -OCH3 is 1. The summed E-state index contributed by atoms with van der Waals surface area (Å²) in [6, 6.07) is 0. The Morgan fingerprint density at radius 3 is 1.25 bits per heavy atom. The van der Waals surface area contributed by atoms with Gasteiger partial charge in [-0.15, -0.1) is 0 Å². The molecule has 0 N–H and O–H groups in total. The lowest BCUT2D eigenvalue weighted by Crippen LogP contribution is -2.10. The molecule has 0 aromatic rings. The Morgan fingerprint density at radius 2 is 0.833 bits per heavy atom. The number of epoxide rings is 1. The quantitative estimate of drug-likeness (QED) is 0.0367. The van der Waals surface area contributed by atoms with Crippen molar-refractivity contribution in [3.63, 3.8) is 0 Å². The fourth-order valence-corrected chi connectivity index (χ4v) is 6.74. The molecule has 48 heavy (non-hydrogen) atoms. The number of unbranched alkanes of at least 4 members (excludes halogenated alkanes) is 21. The molecule has 0 aromatic heterocycles. The van der Waals surface area contributed by atoms with Gasteiger partial charge in [0.05, 0.1) is 31.5 Å². The zero-order valence-corrected chi connectivity index (χ0v) is 32.2. The van der Waals surface area contributed by atoms with Gasteiger partial charge in [-0.3, -0.25) is 9.59 Å². The fourth-order valence-electron chi connectivity index (χ4n) is 6.74. The van der Waals surface area contributed by atoms with E-state index in [-0.39, 0.29) is 11.9 Å². The van der Waals surface area contributed by atoms with E-state index >= 15 is 0 Å². The summed E-state index contributed by atoms with van der Waals surface area (Å²) >= 11 is 0. The lowest BCUT2D eigenvalue weighted by Gasteiger charge is -2.15. The zero-order valence-electron chi connectivity index (χ0n) is 32.2. The molecule has 0 amide bonds. The molecular formula is C42H80O6. The molecule has 0 aliphatic carbocycles. The van der Waals surface area contributed by atoms with Gasteiger partial charge in [0, 0.05) is 20.0 Å². The molecular weight excluding hydrogens is 600 g/mol. The highest BCUT2D eigenvalue weighted by Gasteiger charge is 2.36. The largest absolute Gasteiger partial charge is 0.466 e. The molecule has 0 bridgehead atoms. The number of carbonyl (C=O) groups is 2. The second kappa shape index (κ2) is 34.3. The maximum atomic E-state index is 12.0. The normalized spacial score (nSPS) is 16.2. The van der Waals surface area contributed by atoms with Crippen molar-refractivity contribution in [1.82, 2.24) is 0 Å². The molecule has 284 valence electrons. The summed E-state index contributed by atoms with van der Waals surface area (Å²) in [5.41, 5.74) is 0. The van der Waals surface area contributed by atoms with Crippen LogP contribution in [0.5, 0.6) is 0 Å². The van der Waals surface area contributed by atoms with Crippen LogP contribution in [-0.4, -0.2) is 50.6 Å². The van der Waals surface area contributed by atoms with Crippen LogP contribution in [-0.2, 0) is 28.5 Å². The molecule has 0 aromatic carbocycles. The van der Waals surface area contributed by atoms with Gasteiger partial charge in [0.2, 0.25) is 0 Å². The van der Waals surface area contributed by atoms with E-state index in [1.165, 1.54) is 148 Å². The smallest absolute Gasteiger partial charge is 0.305 e. The molecule has 1 fully saturated rings. The van der Waals surface area contributed by atoms with Crippen LogP contribution in [0.1, 0.15) is 219 Å². The van der Waals surface area contributed by atoms with E-state index in [9.17, 15) is 9.59 Å². The van der Waals surface area contributed by atoms with Crippen LogP contribution in [0.15, 0.2) is 0 Å². The third kappa shape index (κ3) is 29.7. The minimum Gasteiger partial charge on any atom is -0.466 e. The second-order valence-corrected chi connectivity index (χ2v) is 14.7. The summed E-state index contributed by atoms with van der Waals surface area (Å²) in [4.78, 5) is 24.0. The number of hydrogen-bond donors (Lipinski definition) is 0. The van der Waals surface area contributed by atoms with Crippen molar-refractivity contribution in [3.05, 3.63) is 0 Å². The van der Waals surface area contributed by atoms with E-state index < -0.39 is 0 Å². The minimum absolute atomic E-state index is 0.0759. The maximum absolute atomic E-state index is 12.0. The molecule has 3 atom stereocenters. The van der Waals surface area contributed by atoms with Gasteiger partial charge in [-0.05, 0) is 57.8 Å². The van der Waals surface area contributed by atoms with Gasteiger partial charge in [0.1, 0.15) is 0 Å². The van der Waals surface area contributed by atoms with Crippen LogP contribution < -0.4 is 0 Å². The van der Waals surface area contributed by atoms with Gasteiger partial charge in [-0.25, -0.2) is 0 Å². The predicted octanol–water partition coefficient (Wildman–Crippen LogP) is 12.4. The van der Waals surface area contributed by atoms with E-state index in [4.69, 9.17) is 18.9 Å². The van der Waals surface area contributed by atoms with Gasteiger partial charge in [-0.1, -0.05) is 149 Å². The number of ether oxygens (including phenoxy) is 4. The van der Waals surface area contributed by atoms with Crippen LogP contribution in [0.2, 0.25) is 0 Å². The molecule has 1 aliphatic rings. The fraction of sp³-hybridized carbons (Fsp3) is 0.952. The highest BCUT2D eigenvalue weighted by molar-refractivity contribution is 5.69. The predicted molar refractivity (Wildman–Crippen MR) is 200 cm³/mol. The van der Waals surface area contributed by atoms with Crippen molar-refractivity contribution in [2.45, 2.75) is 238 Å². The highest BCUT2D eigenvalue weighted by Crippen LogP contribution is 2.32. The zero-order chi connectivity index (χ0) is 34.8. The third-order valence-electron chi connectivity index (χ3n) is 10.1. The lowest BCUT2D eigenvalue weighted by molar-refractivity contribution is -0.144. The first kappa shape index (κ1) is 44.9. The molecule has 0 radical (unpaired) electrons. The Kier molecular flexibility index (Phi) is 32.1. The molecule has 1 aliphatic heterocycles. The van der Waals surface area contributed by atoms with Crippen LogP contribution in [0, 0.1) is 0 Å². The Labute approximate surface area is 297 Å². The van der Waals surface area contributed by atoms with Crippen molar-refractivity contribution in [2.75, 3.05) is 20.3 Å². The van der Waals surface area contributed by atoms with E-state index in [1.54, 1.807) is 0 Å². The molecule has 6 nitrogen and oxygen atoms in total. The Balaban J connectivity index is 1.78. The molecule has 1 saturated heterocycles. The first-order chi connectivity index (χ1) is 23.6. The first-order valence-corrected chi connectivity index (χ1v) is 21.1. The number of hydrogen-bond acceptors (Lipinski definition) is 6. The number of esters is 2. The SMILES string of the molecule is CCCCCCCCC(CCCCCCCCC(=O)OCCCCCOC(=O)CCCCCCCC1OC1CCCCCCCC)OC. The third-order valence-corrected chi connectivity index (χ3v) is 10.1. The summed E-state index contributed by atoms with van der Waals surface area (Å²) in [5.74, 6) is -0.152. The molecule has 3 unspecified atom stereocenters. The van der Waals surface area contributed by atoms with Gasteiger partial charge in [-0.2, -0.15) is 0 Å². The van der Waals surface area contributed by atoms with Crippen LogP contribution in [0.3, 0.4) is 0 Å². The van der Waals surface area contributed by atoms with Crippen LogP contribution >= 0.6 is 0 Å². The van der Waals surface area contributed by atoms with Gasteiger partial charge in [0.25, 0.3) is 0 Å². The van der Waals surface area contributed by atoms with Crippen LogP contribution in [0.25, 0.3) is 0 Å². The Bertz CT molecular complexity index is 712. The van der Waals surface area contributed by atoms with E-state index in [1.807, 2.05) is 7.11 Å². The topological polar surface area (TPSA) is 74.4 Å². The molecule has 1 heterocycles. The van der Waals surface area contributed by atoms with Crippen molar-refractivity contribution < 1.29 is 28.5 Å². The molecule has 0 saturated carbocycles. The average molecular weight is 681 g/mol. The number of rotatable bonds is 38. The summed E-state index contributed by atoms with van der Waals surface area (Å²) < 4.78 is 22.3. The summed E-state index contributed by atoms with van der Waals surface area (Å²) in [7, 11) is 1.86. The lowest BCUT2D eigenvalue weighted by atomic mass is 10.0. The van der Waals surface area contributed by atoms with Gasteiger partial charge < -0.3 is 18.9 Å². The van der Waals surface area contributed by atoms with E-state index in [0.717, 1.165) is 44.9 Å². The van der Waals surface area contributed by atoms with Gasteiger partial charge in [0.15, 0.2) is 0 Å².